The first kappa shape index (κ1) is 20.5. The second kappa shape index (κ2) is 8.87. The summed E-state index contributed by atoms with van der Waals surface area (Å²) < 4.78 is 7.18. The van der Waals surface area contributed by atoms with E-state index >= 15 is 0 Å². The number of carbonyl (C=O) groups is 2. The summed E-state index contributed by atoms with van der Waals surface area (Å²) in [7, 11) is 0. The topological polar surface area (TPSA) is 99.0 Å². The van der Waals surface area contributed by atoms with Gasteiger partial charge in [0, 0.05) is 11.4 Å². The molecule has 3 rings (SSSR count). The number of rotatable bonds is 6. The number of hydrogen-bond acceptors (Lipinski definition) is 7. The van der Waals surface area contributed by atoms with E-state index in [2.05, 4.69) is 20.5 Å². The Morgan fingerprint density at radius 1 is 1.10 bits per heavy atom. The van der Waals surface area contributed by atoms with Crippen LogP contribution in [0.2, 0.25) is 0 Å². The molecule has 0 aliphatic carbocycles. The molecule has 0 bridgehead atoms. The highest BCUT2D eigenvalue weighted by molar-refractivity contribution is 7.98. The summed E-state index contributed by atoms with van der Waals surface area (Å²) in [5.74, 6) is 0.135. The van der Waals surface area contributed by atoms with Gasteiger partial charge in [0.05, 0.1) is 5.56 Å². The third-order valence-corrected chi connectivity index (χ3v) is 4.76. The Morgan fingerprint density at radius 2 is 1.83 bits per heavy atom. The van der Waals surface area contributed by atoms with E-state index in [1.807, 2.05) is 30.7 Å². The molecule has 0 aliphatic rings. The minimum Gasteiger partial charge on any atom is -0.449 e. The Kier molecular flexibility index (Phi) is 6.28. The first-order valence-electron chi connectivity index (χ1n) is 8.91. The summed E-state index contributed by atoms with van der Waals surface area (Å²) in [6.07, 6.45) is 0.956. The molecule has 3 aromatic rings. The second-order valence-electron chi connectivity index (χ2n) is 6.32. The van der Waals surface area contributed by atoms with Crippen molar-refractivity contribution in [1.82, 2.24) is 19.7 Å². The van der Waals surface area contributed by atoms with Gasteiger partial charge in [-0.2, -0.15) is 0 Å². The molecule has 1 unspecified atom stereocenters. The van der Waals surface area contributed by atoms with Crippen molar-refractivity contribution in [3.63, 3.8) is 0 Å². The molecule has 0 saturated heterocycles. The average Bonchev–Trinajstić information content (AvgIpc) is 3.08. The van der Waals surface area contributed by atoms with Crippen LogP contribution in [-0.2, 0) is 9.53 Å². The van der Waals surface area contributed by atoms with Gasteiger partial charge in [-0.15, -0.1) is 10.2 Å². The molecule has 9 heteroatoms. The van der Waals surface area contributed by atoms with Crippen molar-refractivity contribution >= 4 is 29.5 Å². The van der Waals surface area contributed by atoms with Gasteiger partial charge in [-0.1, -0.05) is 17.8 Å². The average molecular weight is 411 g/mol. The highest BCUT2D eigenvalue weighted by Crippen LogP contribution is 2.20. The zero-order valence-corrected chi connectivity index (χ0v) is 17.4. The number of hydrogen-bond donors (Lipinski definition) is 1. The van der Waals surface area contributed by atoms with Crippen LogP contribution in [0.25, 0.3) is 5.69 Å². The maximum absolute atomic E-state index is 12.4. The third-order valence-electron chi connectivity index (χ3n) is 4.13. The van der Waals surface area contributed by atoms with Crippen molar-refractivity contribution in [2.24, 2.45) is 0 Å². The smallest absolute Gasteiger partial charge is 0.338 e. The van der Waals surface area contributed by atoms with E-state index in [1.165, 1.54) is 18.7 Å². The summed E-state index contributed by atoms with van der Waals surface area (Å²) in [4.78, 5) is 28.9. The van der Waals surface area contributed by atoms with Crippen molar-refractivity contribution in [2.45, 2.75) is 32.0 Å². The Labute approximate surface area is 172 Å². The lowest BCUT2D eigenvalue weighted by atomic mass is 10.2. The Hall–Kier alpha value is -3.20. The summed E-state index contributed by atoms with van der Waals surface area (Å²) in [5, 5.41) is 11.6. The molecule has 2 aromatic heterocycles. The largest absolute Gasteiger partial charge is 0.449 e. The third kappa shape index (κ3) is 4.80. The fourth-order valence-corrected chi connectivity index (χ4v) is 3.18. The quantitative estimate of drug-likeness (QED) is 0.491. The predicted octanol–water partition coefficient (Wildman–Crippen LogP) is 3.19. The number of nitrogens with one attached hydrogen (secondary N) is 1. The molecule has 1 amide bonds. The molecule has 2 heterocycles. The molecule has 1 atom stereocenters. The van der Waals surface area contributed by atoms with Gasteiger partial charge in [-0.25, -0.2) is 9.78 Å². The molecule has 8 nitrogen and oxygen atoms in total. The first-order valence-corrected chi connectivity index (χ1v) is 10.1. The summed E-state index contributed by atoms with van der Waals surface area (Å²) in [6.45, 7) is 5.20. The fraction of sp³-hybridized carbons (Fsp3) is 0.250. The van der Waals surface area contributed by atoms with Gasteiger partial charge < -0.3 is 10.1 Å². The zero-order chi connectivity index (χ0) is 21.0. The zero-order valence-electron chi connectivity index (χ0n) is 16.5. The highest BCUT2D eigenvalue weighted by atomic mass is 32.2. The first-order chi connectivity index (χ1) is 13.9. The molecule has 1 N–H and O–H groups in total. The van der Waals surface area contributed by atoms with Gasteiger partial charge in [0.1, 0.15) is 11.6 Å². The number of pyridine rings is 1. The number of aryl methyl sites for hydroxylation is 2. The van der Waals surface area contributed by atoms with E-state index < -0.39 is 18.0 Å². The molecule has 1 aromatic carbocycles. The van der Waals surface area contributed by atoms with Crippen LogP contribution in [0.1, 0.15) is 28.8 Å². The second-order valence-corrected chi connectivity index (χ2v) is 7.09. The van der Waals surface area contributed by atoms with Gasteiger partial charge >= 0.3 is 5.97 Å². The van der Waals surface area contributed by atoms with Crippen molar-refractivity contribution < 1.29 is 14.3 Å². The molecule has 0 spiro atoms. The molecule has 0 fully saturated rings. The van der Waals surface area contributed by atoms with E-state index in [1.54, 1.807) is 36.4 Å². The number of thioether (sulfide) groups is 1. The van der Waals surface area contributed by atoms with E-state index in [9.17, 15) is 9.59 Å². The van der Waals surface area contributed by atoms with Crippen LogP contribution in [0, 0.1) is 13.8 Å². The molecule has 0 aliphatic heterocycles. The number of ether oxygens (including phenoxy) is 1. The highest BCUT2D eigenvalue weighted by Gasteiger charge is 2.20. The molecule has 0 saturated carbocycles. The minimum absolute atomic E-state index is 0.346. The van der Waals surface area contributed by atoms with Crippen molar-refractivity contribution in [3.05, 3.63) is 59.5 Å². The van der Waals surface area contributed by atoms with Crippen LogP contribution < -0.4 is 5.32 Å². The van der Waals surface area contributed by atoms with E-state index in [0.29, 0.717) is 11.4 Å². The summed E-state index contributed by atoms with van der Waals surface area (Å²) in [6, 6.07) is 12.2. The van der Waals surface area contributed by atoms with Gasteiger partial charge in [-0.05, 0) is 63.4 Å². The van der Waals surface area contributed by atoms with Crippen molar-refractivity contribution in [3.8, 4) is 5.69 Å². The van der Waals surface area contributed by atoms with Crippen LogP contribution in [0.15, 0.2) is 47.6 Å². The van der Waals surface area contributed by atoms with Crippen LogP contribution in [0.3, 0.4) is 0 Å². The standard InChI is InChI=1S/C20H21N5O3S/c1-12-6-5-7-17(21-12)22-18(26)13(2)28-19(27)15-8-10-16(11-9-15)25-14(3)23-24-20(25)29-4/h5-11,13H,1-4H3,(H,21,22,26). The number of carbonyl (C=O) groups excluding carboxylic acids is 2. The van der Waals surface area contributed by atoms with Gasteiger partial charge in [0.15, 0.2) is 11.3 Å². The van der Waals surface area contributed by atoms with E-state index in [0.717, 1.165) is 22.4 Å². The Balaban J connectivity index is 1.66. The molecule has 150 valence electrons. The number of benzene rings is 1. The van der Waals surface area contributed by atoms with Crippen LogP contribution >= 0.6 is 11.8 Å². The van der Waals surface area contributed by atoms with Gasteiger partial charge in [0.2, 0.25) is 0 Å². The normalized spacial score (nSPS) is 11.7. The monoisotopic (exact) mass is 411 g/mol. The van der Waals surface area contributed by atoms with Crippen LogP contribution in [0.4, 0.5) is 5.82 Å². The van der Waals surface area contributed by atoms with Crippen molar-refractivity contribution in [1.29, 1.82) is 0 Å². The maximum Gasteiger partial charge on any atom is 0.338 e. The molecule has 0 radical (unpaired) electrons. The molecular weight excluding hydrogens is 390 g/mol. The number of aromatic nitrogens is 4. The van der Waals surface area contributed by atoms with Crippen LogP contribution in [-0.4, -0.2) is 44.0 Å². The van der Waals surface area contributed by atoms with Crippen LogP contribution in [0.5, 0.6) is 0 Å². The fourth-order valence-electron chi connectivity index (χ4n) is 2.64. The number of anilines is 1. The summed E-state index contributed by atoms with van der Waals surface area (Å²) in [5.41, 5.74) is 1.96. The van der Waals surface area contributed by atoms with Crippen molar-refractivity contribution in [2.75, 3.05) is 11.6 Å². The molecular formula is C20H21N5O3S. The Bertz CT molecular complexity index is 1030. The maximum atomic E-state index is 12.4. The SMILES string of the molecule is CSc1nnc(C)n1-c1ccc(C(=O)OC(C)C(=O)Nc2cccc(C)n2)cc1. The minimum atomic E-state index is -0.965. The lowest BCUT2D eigenvalue weighted by Crippen LogP contribution is -2.30. The number of nitrogens with zero attached hydrogens (tertiary/aromatic N) is 4. The Morgan fingerprint density at radius 3 is 2.48 bits per heavy atom. The van der Waals surface area contributed by atoms with E-state index in [-0.39, 0.29) is 0 Å². The van der Waals surface area contributed by atoms with Gasteiger partial charge in [-0.3, -0.25) is 9.36 Å². The summed E-state index contributed by atoms with van der Waals surface area (Å²) >= 11 is 1.48. The number of amides is 1. The van der Waals surface area contributed by atoms with E-state index in [4.69, 9.17) is 4.74 Å². The lowest BCUT2D eigenvalue weighted by Gasteiger charge is -2.14. The molecule has 29 heavy (non-hydrogen) atoms. The lowest BCUT2D eigenvalue weighted by molar-refractivity contribution is -0.123. The van der Waals surface area contributed by atoms with Gasteiger partial charge in [0.25, 0.3) is 5.91 Å². The predicted molar refractivity (Wildman–Crippen MR) is 110 cm³/mol. The number of esters is 1.